The second-order valence-electron chi connectivity index (χ2n) is 4.48. The average molecular weight is 281 g/mol. The summed E-state index contributed by atoms with van der Waals surface area (Å²) >= 11 is 0. The fourth-order valence-electron chi connectivity index (χ4n) is 1.83. The first-order valence-electron chi connectivity index (χ1n) is 6.37. The van der Waals surface area contributed by atoms with Crippen LogP contribution in [-0.2, 0) is 0 Å². The van der Waals surface area contributed by atoms with Crippen molar-refractivity contribution in [3.8, 4) is 0 Å². The van der Waals surface area contributed by atoms with Crippen molar-refractivity contribution < 1.29 is 14.8 Å². The summed E-state index contributed by atoms with van der Waals surface area (Å²) in [5, 5.41) is 25.3. The minimum atomic E-state index is -0.520. The molecule has 0 aromatic heterocycles. The lowest BCUT2D eigenvalue weighted by Crippen LogP contribution is -2.19. The molecule has 20 heavy (non-hydrogen) atoms. The molecule has 0 saturated carbocycles. The van der Waals surface area contributed by atoms with Crippen molar-refractivity contribution in [2.75, 3.05) is 19.0 Å². The highest BCUT2D eigenvalue weighted by Gasteiger charge is 2.18. The van der Waals surface area contributed by atoms with Gasteiger partial charge in [0.1, 0.15) is 5.69 Å². The summed E-state index contributed by atoms with van der Waals surface area (Å²) in [6.45, 7) is 1.97. The number of rotatable bonds is 7. The van der Waals surface area contributed by atoms with Crippen LogP contribution in [0.25, 0.3) is 0 Å². The number of nitro benzene ring substituents is 1. The quantitative estimate of drug-likeness (QED) is 0.519. The number of amides is 1. The molecule has 7 nitrogen and oxygen atoms in total. The van der Waals surface area contributed by atoms with E-state index in [1.807, 2.05) is 6.92 Å². The second-order valence-corrected chi connectivity index (χ2v) is 4.48. The topological polar surface area (TPSA) is 104 Å². The fourth-order valence-corrected chi connectivity index (χ4v) is 1.83. The molecule has 110 valence electrons. The Morgan fingerprint density at radius 1 is 1.50 bits per heavy atom. The largest absolute Gasteiger partial charge is 0.396 e. The molecular weight excluding hydrogens is 262 g/mol. The first kappa shape index (κ1) is 15.9. The van der Waals surface area contributed by atoms with E-state index in [1.165, 1.54) is 25.2 Å². The first-order chi connectivity index (χ1) is 9.49. The Kier molecular flexibility index (Phi) is 5.92. The number of carbonyl (C=O) groups excluding carboxylic acids is 1. The first-order valence-corrected chi connectivity index (χ1v) is 6.37. The summed E-state index contributed by atoms with van der Waals surface area (Å²) in [7, 11) is 1.47. The molecule has 0 radical (unpaired) electrons. The summed E-state index contributed by atoms with van der Waals surface area (Å²) in [5.41, 5.74) is 0.475. The number of nitrogens with zero attached hydrogens (tertiary/aromatic N) is 1. The van der Waals surface area contributed by atoms with E-state index >= 15 is 0 Å². The van der Waals surface area contributed by atoms with Crippen LogP contribution in [0.2, 0.25) is 0 Å². The van der Waals surface area contributed by atoms with Gasteiger partial charge in [0.2, 0.25) is 0 Å². The molecule has 0 heterocycles. The molecule has 0 bridgehead atoms. The van der Waals surface area contributed by atoms with Gasteiger partial charge in [-0.1, -0.05) is 0 Å². The van der Waals surface area contributed by atoms with E-state index in [0.29, 0.717) is 18.5 Å². The molecule has 1 aromatic carbocycles. The van der Waals surface area contributed by atoms with E-state index in [-0.39, 0.29) is 29.8 Å². The van der Waals surface area contributed by atoms with Crippen LogP contribution >= 0.6 is 0 Å². The monoisotopic (exact) mass is 281 g/mol. The second kappa shape index (κ2) is 7.44. The van der Waals surface area contributed by atoms with Gasteiger partial charge in [-0.15, -0.1) is 0 Å². The van der Waals surface area contributed by atoms with Crippen molar-refractivity contribution in [3.63, 3.8) is 0 Å². The predicted octanol–water partition coefficient (Wildman–Crippen LogP) is 1.53. The Morgan fingerprint density at radius 3 is 2.75 bits per heavy atom. The van der Waals surface area contributed by atoms with Gasteiger partial charge in [-0.2, -0.15) is 0 Å². The molecule has 0 aliphatic heterocycles. The number of carbonyl (C=O) groups is 1. The Labute approximate surface area is 117 Å². The summed E-state index contributed by atoms with van der Waals surface area (Å²) < 4.78 is 0. The molecule has 1 unspecified atom stereocenters. The van der Waals surface area contributed by atoms with Crippen molar-refractivity contribution >= 4 is 17.3 Å². The van der Waals surface area contributed by atoms with Crippen LogP contribution in [0.15, 0.2) is 18.2 Å². The van der Waals surface area contributed by atoms with E-state index in [9.17, 15) is 14.9 Å². The van der Waals surface area contributed by atoms with Crippen LogP contribution in [0.4, 0.5) is 11.4 Å². The maximum absolute atomic E-state index is 11.5. The fraction of sp³-hybridized carbons (Fsp3) is 0.462. The third kappa shape index (κ3) is 4.20. The molecule has 7 heteroatoms. The van der Waals surface area contributed by atoms with Crippen molar-refractivity contribution in [1.29, 1.82) is 0 Å². The number of anilines is 1. The van der Waals surface area contributed by atoms with Crippen LogP contribution in [0, 0.1) is 10.1 Å². The molecule has 0 fully saturated rings. The van der Waals surface area contributed by atoms with Crippen LogP contribution in [0.5, 0.6) is 0 Å². The summed E-state index contributed by atoms with van der Waals surface area (Å²) in [4.78, 5) is 22.0. The van der Waals surface area contributed by atoms with E-state index in [0.717, 1.165) is 0 Å². The highest BCUT2D eigenvalue weighted by Crippen LogP contribution is 2.26. The number of hydrogen-bond acceptors (Lipinski definition) is 5. The standard InChI is InChI=1S/C13H19N3O4/c1-9(4-3-7-17)15-11-6-5-10(13(18)14-2)8-12(11)16(19)20/h5-6,8-9,15,17H,3-4,7H2,1-2H3,(H,14,18). The van der Waals surface area contributed by atoms with Gasteiger partial charge < -0.3 is 15.7 Å². The summed E-state index contributed by atoms with van der Waals surface area (Å²) in [5.74, 6) is -0.368. The van der Waals surface area contributed by atoms with E-state index in [4.69, 9.17) is 5.11 Å². The molecule has 3 N–H and O–H groups in total. The van der Waals surface area contributed by atoms with Gasteiger partial charge >= 0.3 is 0 Å². The van der Waals surface area contributed by atoms with E-state index in [2.05, 4.69) is 10.6 Å². The van der Waals surface area contributed by atoms with Gasteiger partial charge in [0.25, 0.3) is 11.6 Å². The van der Waals surface area contributed by atoms with Gasteiger partial charge in [0, 0.05) is 31.3 Å². The number of aliphatic hydroxyl groups excluding tert-OH is 1. The van der Waals surface area contributed by atoms with Crippen molar-refractivity contribution in [2.24, 2.45) is 0 Å². The maximum atomic E-state index is 11.5. The van der Waals surface area contributed by atoms with Gasteiger partial charge in [-0.3, -0.25) is 14.9 Å². The normalized spacial score (nSPS) is 11.8. The number of hydrogen-bond donors (Lipinski definition) is 3. The molecule has 0 aliphatic carbocycles. The zero-order valence-electron chi connectivity index (χ0n) is 11.5. The van der Waals surface area contributed by atoms with Crippen molar-refractivity contribution in [2.45, 2.75) is 25.8 Å². The number of nitrogens with one attached hydrogen (secondary N) is 2. The lowest BCUT2D eigenvalue weighted by Gasteiger charge is -2.15. The van der Waals surface area contributed by atoms with E-state index in [1.54, 1.807) is 0 Å². The SMILES string of the molecule is CNC(=O)c1ccc(NC(C)CCCO)c([N+](=O)[O-])c1. The Bertz CT molecular complexity index is 491. The number of aliphatic hydroxyl groups is 1. The lowest BCUT2D eigenvalue weighted by molar-refractivity contribution is -0.384. The lowest BCUT2D eigenvalue weighted by atomic mass is 10.1. The molecule has 1 atom stereocenters. The summed E-state index contributed by atoms with van der Waals surface area (Å²) in [6.07, 6.45) is 1.32. The zero-order chi connectivity index (χ0) is 15.1. The summed E-state index contributed by atoms with van der Waals surface area (Å²) in [6, 6.07) is 4.30. The Morgan fingerprint density at radius 2 is 2.20 bits per heavy atom. The average Bonchev–Trinajstić information content (AvgIpc) is 2.44. The number of benzene rings is 1. The molecule has 1 amide bonds. The molecule has 0 aliphatic rings. The molecule has 0 spiro atoms. The highest BCUT2D eigenvalue weighted by atomic mass is 16.6. The van der Waals surface area contributed by atoms with Gasteiger partial charge in [0.15, 0.2) is 0 Å². The molecule has 1 rings (SSSR count). The van der Waals surface area contributed by atoms with Crippen LogP contribution in [0.3, 0.4) is 0 Å². The third-order valence-electron chi connectivity index (χ3n) is 2.88. The van der Waals surface area contributed by atoms with Crippen LogP contribution < -0.4 is 10.6 Å². The van der Waals surface area contributed by atoms with E-state index < -0.39 is 4.92 Å². The smallest absolute Gasteiger partial charge is 0.293 e. The molecule has 1 aromatic rings. The molecule has 0 saturated heterocycles. The number of nitro groups is 1. The third-order valence-corrected chi connectivity index (χ3v) is 2.88. The van der Waals surface area contributed by atoms with Crippen molar-refractivity contribution in [1.82, 2.24) is 5.32 Å². The van der Waals surface area contributed by atoms with Crippen LogP contribution in [0.1, 0.15) is 30.1 Å². The molecular formula is C13H19N3O4. The Balaban J connectivity index is 2.96. The minimum absolute atomic E-state index is 0.00768. The van der Waals surface area contributed by atoms with Crippen LogP contribution in [-0.4, -0.2) is 35.6 Å². The van der Waals surface area contributed by atoms with Crippen molar-refractivity contribution in [3.05, 3.63) is 33.9 Å². The van der Waals surface area contributed by atoms with Gasteiger partial charge in [0.05, 0.1) is 4.92 Å². The Hall–Kier alpha value is -2.15. The van der Waals surface area contributed by atoms with Gasteiger partial charge in [-0.05, 0) is 31.9 Å². The zero-order valence-corrected chi connectivity index (χ0v) is 11.5. The minimum Gasteiger partial charge on any atom is -0.396 e. The predicted molar refractivity (Wildman–Crippen MR) is 75.9 cm³/mol. The van der Waals surface area contributed by atoms with Gasteiger partial charge in [-0.25, -0.2) is 0 Å². The maximum Gasteiger partial charge on any atom is 0.293 e. The highest BCUT2D eigenvalue weighted by molar-refractivity contribution is 5.95.